The molecule has 4 rings (SSSR count). The van der Waals surface area contributed by atoms with Crippen LogP contribution in [0.3, 0.4) is 0 Å². The molecule has 1 aliphatic carbocycles. The molecule has 0 saturated heterocycles. The quantitative estimate of drug-likeness (QED) is 0.773. The van der Waals surface area contributed by atoms with Gasteiger partial charge in [-0.3, -0.25) is 0 Å². The Hall–Kier alpha value is -2.29. The third-order valence-corrected chi connectivity index (χ3v) is 6.83. The molecule has 7 nitrogen and oxygen atoms in total. The first-order valence-corrected chi connectivity index (χ1v) is 11.2. The molecule has 2 N–H and O–H groups in total. The van der Waals surface area contributed by atoms with E-state index in [0.29, 0.717) is 31.1 Å². The molecule has 0 aromatic heterocycles. The molecule has 156 valence electrons. The largest absolute Gasteiger partial charge is 0.497 e. The van der Waals surface area contributed by atoms with Crippen molar-refractivity contribution >= 4 is 10.0 Å². The Kier molecular flexibility index (Phi) is 5.42. The lowest BCUT2D eigenvalue weighted by atomic mass is 9.79. The van der Waals surface area contributed by atoms with Gasteiger partial charge in [-0.1, -0.05) is 6.07 Å². The van der Waals surface area contributed by atoms with E-state index in [0.717, 1.165) is 36.1 Å². The van der Waals surface area contributed by atoms with Crippen LogP contribution in [0.15, 0.2) is 41.3 Å². The Labute approximate surface area is 170 Å². The fourth-order valence-electron chi connectivity index (χ4n) is 3.86. The maximum Gasteiger partial charge on any atom is 0.240 e. The van der Waals surface area contributed by atoms with Gasteiger partial charge in [0, 0.05) is 19.0 Å². The number of aryl methyl sites for hydroxylation is 1. The van der Waals surface area contributed by atoms with E-state index in [-0.39, 0.29) is 11.4 Å². The smallest absolute Gasteiger partial charge is 0.240 e. The standard InChI is InChI=1S/C21H25NO6S/c1-26-16-5-7-18-15(12-16)4-2-9-21(18,23)14-22-29(24,25)17-6-8-19-20(13-17)28-11-3-10-27-19/h5-8,12-13,22-23H,2-4,9-11,14H2,1H3. The van der Waals surface area contributed by atoms with Gasteiger partial charge >= 0.3 is 0 Å². The summed E-state index contributed by atoms with van der Waals surface area (Å²) in [6.07, 6.45) is 2.81. The Bertz CT molecular complexity index is 1010. The van der Waals surface area contributed by atoms with Gasteiger partial charge in [0.25, 0.3) is 0 Å². The van der Waals surface area contributed by atoms with E-state index in [2.05, 4.69) is 4.72 Å². The number of nitrogens with one attached hydrogen (secondary N) is 1. The van der Waals surface area contributed by atoms with Gasteiger partial charge in [-0.05, 0) is 54.7 Å². The molecule has 0 fully saturated rings. The zero-order chi connectivity index (χ0) is 20.5. The fourth-order valence-corrected chi connectivity index (χ4v) is 4.96. The zero-order valence-electron chi connectivity index (χ0n) is 16.3. The minimum atomic E-state index is -3.83. The van der Waals surface area contributed by atoms with Crippen molar-refractivity contribution in [3.63, 3.8) is 0 Å². The molecule has 1 aliphatic heterocycles. The molecule has 0 spiro atoms. The first kappa shape index (κ1) is 20.0. The second-order valence-corrected chi connectivity index (χ2v) is 9.16. The maximum absolute atomic E-state index is 12.9. The molecule has 1 atom stereocenters. The predicted octanol–water partition coefficient (Wildman–Crippen LogP) is 2.36. The van der Waals surface area contributed by atoms with E-state index in [1.807, 2.05) is 12.1 Å². The zero-order valence-corrected chi connectivity index (χ0v) is 17.1. The molecule has 2 aromatic rings. The fraction of sp³-hybridized carbons (Fsp3) is 0.429. The highest BCUT2D eigenvalue weighted by Gasteiger charge is 2.36. The van der Waals surface area contributed by atoms with Crippen molar-refractivity contribution in [1.29, 1.82) is 0 Å². The Morgan fingerprint density at radius 3 is 2.69 bits per heavy atom. The third-order valence-electron chi connectivity index (χ3n) is 5.43. The van der Waals surface area contributed by atoms with Gasteiger partial charge in [0.1, 0.15) is 11.4 Å². The summed E-state index contributed by atoms with van der Waals surface area (Å²) in [5, 5.41) is 11.2. The summed E-state index contributed by atoms with van der Waals surface area (Å²) in [6, 6.07) is 10.1. The number of rotatable bonds is 5. The molecule has 1 heterocycles. The normalized spacial score (nSPS) is 21.2. The van der Waals surface area contributed by atoms with Crippen LogP contribution >= 0.6 is 0 Å². The predicted molar refractivity (Wildman–Crippen MR) is 107 cm³/mol. The minimum absolute atomic E-state index is 0.0797. The summed E-state index contributed by atoms with van der Waals surface area (Å²) in [5.41, 5.74) is 0.455. The van der Waals surface area contributed by atoms with Crippen LogP contribution in [0, 0.1) is 0 Å². The second-order valence-electron chi connectivity index (χ2n) is 7.39. The molecule has 0 saturated carbocycles. The minimum Gasteiger partial charge on any atom is -0.497 e. The number of methoxy groups -OCH3 is 1. The summed E-state index contributed by atoms with van der Waals surface area (Å²) >= 11 is 0. The van der Waals surface area contributed by atoms with Crippen molar-refractivity contribution in [3.05, 3.63) is 47.5 Å². The number of fused-ring (bicyclic) bond motifs is 2. The molecule has 0 amide bonds. The van der Waals surface area contributed by atoms with Crippen LogP contribution in [0.1, 0.15) is 30.4 Å². The first-order valence-electron chi connectivity index (χ1n) is 9.70. The summed E-state index contributed by atoms with van der Waals surface area (Å²) in [5.74, 6) is 1.68. The van der Waals surface area contributed by atoms with Crippen molar-refractivity contribution in [3.8, 4) is 17.2 Å². The maximum atomic E-state index is 12.9. The molecule has 2 aromatic carbocycles. The number of sulfonamides is 1. The van der Waals surface area contributed by atoms with E-state index in [4.69, 9.17) is 14.2 Å². The van der Waals surface area contributed by atoms with Crippen LogP contribution in [0.2, 0.25) is 0 Å². The molecule has 1 unspecified atom stereocenters. The van der Waals surface area contributed by atoms with Crippen LogP contribution < -0.4 is 18.9 Å². The summed E-state index contributed by atoms with van der Waals surface area (Å²) in [6.45, 7) is 0.904. The third kappa shape index (κ3) is 4.05. The van der Waals surface area contributed by atoms with E-state index in [1.165, 1.54) is 12.1 Å². The summed E-state index contributed by atoms with van der Waals surface area (Å²) < 4.78 is 44.7. The van der Waals surface area contributed by atoms with Crippen molar-refractivity contribution in [2.75, 3.05) is 26.9 Å². The van der Waals surface area contributed by atoms with Gasteiger partial charge in [-0.15, -0.1) is 0 Å². The highest BCUT2D eigenvalue weighted by Crippen LogP contribution is 2.37. The molecule has 0 bridgehead atoms. The van der Waals surface area contributed by atoms with Gasteiger partial charge in [0.15, 0.2) is 11.5 Å². The first-order chi connectivity index (χ1) is 13.9. The van der Waals surface area contributed by atoms with Gasteiger partial charge in [-0.2, -0.15) is 0 Å². The molecule has 2 aliphatic rings. The number of hydrogen-bond acceptors (Lipinski definition) is 6. The van der Waals surface area contributed by atoms with Crippen LogP contribution in [0.5, 0.6) is 17.2 Å². The van der Waals surface area contributed by atoms with Crippen molar-refractivity contribution in [2.45, 2.75) is 36.2 Å². The van der Waals surface area contributed by atoms with Crippen molar-refractivity contribution in [1.82, 2.24) is 4.72 Å². The molecule has 0 radical (unpaired) electrons. The molecule has 8 heteroatoms. The average molecular weight is 419 g/mol. The summed E-state index contributed by atoms with van der Waals surface area (Å²) in [4.78, 5) is 0.0797. The van der Waals surface area contributed by atoms with Gasteiger partial charge in [0.2, 0.25) is 10.0 Å². The van der Waals surface area contributed by atoms with Crippen molar-refractivity contribution < 1.29 is 27.7 Å². The van der Waals surface area contributed by atoms with Gasteiger partial charge in [-0.25, -0.2) is 13.1 Å². The topological polar surface area (TPSA) is 94.1 Å². The summed E-state index contributed by atoms with van der Waals surface area (Å²) in [7, 11) is -2.23. The molecule has 29 heavy (non-hydrogen) atoms. The second kappa shape index (κ2) is 7.85. The number of aliphatic hydroxyl groups is 1. The highest BCUT2D eigenvalue weighted by atomic mass is 32.2. The van der Waals surface area contributed by atoms with Crippen molar-refractivity contribution in [2.24, 2.45) is 0 Å². The number of hydrogen-bond donors (Lipinski definition) is 2. The lowest BCUT2D eigenvalue weighted by Crippen LogP contribution is -2.42. The Balaban J connectivity index is 1.55. The Morgan fingerprint density at radius 1 is 1.10 bits per heavy atom. The van der Waals surface area contributed by atoms with Gasteiger partial charge in [0.05, 0.1) is 25.2 Å². The van der Waals surface area contributed by atoms with Crippen LogP contribution in [0.4, 0.5) is 0 Å². The molecular formula is C21H25NO6S. The average Bonchev–Trinajstić information content (AvgIpc) is 2.97. The number of benzene rings is 2. The van der Waals surface area contributed by atoms with Crippen LogP contribution in [-0.2, 0) is 22.0 Å². The monoisotopic (exact) mass is 419 g/mol. The van der Waals surface area contributed by atoms with E-state index in [9.17, 15) is 13.5 Å². The van der Waals surface area contributed by atoms with E-state index < -0.39 is 15.6 Å². The lowest BCUT2D eigenvalue weighted by molar-refractivity contribution is 0.0242. The lowest BCUT2D eigenvalue weighted by Gasteiger charge is -2.34. The number of ether oxygens (including phenoxy) is 3. The van der Waals surface area contributed by atoms with E-state index in [1.54, 1.807) is 19.2 Å². The van der Waals surface area contributed by atoms with Crippen LogP contribution in [-0.4, -0.2) is 40.4 Å². The van der Waals surface area contributed by atoms with E-state index >= 15 is 0 Å². The molecular weight excluding hydrogens is 394 g/mol. The van der Waals surface area contributed by atoms with Gasteiger partial charge < -0.3 is 19.3 Å². The van der Waals surface area contributed by atoms with Crippen LogP contribution in [0.25, 0.3) is 0 Å². The SMILES string of the molecule is COc1ccc2c(c1)CCCC2(O)CNS(=O)(=O)c1ccc2c(c1)OCCCO2. The Morgan fingerprint density at radius 2 is 1.90 bits per heavy atom. The highest BCUT2D eigenvalue weighted by molar-refractivity contribution is 7.89.